The molecule has 1 saturated heterocycles. The third kappa shape index (κ3) is 6.23. The second-order valence-electron chi connectivity index (χ2n) is 9.27. The number of piperidine rings is 1. The molecule has 2 heterocycles. The summed E-state index contributed by atoms with van der Waals surface area (Å²) in [7, 11) is -2.56. The first kappa shape index (κ1) is 25.4. The van der Waals surface area contributed by atoms with Crippen LogP contribution in [0.3, 0.4) is 0 Å². The highest BCUT2D eigenvalue weighted by molar-refractivity contribution is 7.89. The molecule has 3 rings (SSSR count). The zero-order valence-electron chi connectivity index (χ0n) is 19.8. The normalized spacial score (nSPS) is 16.7. The van der Waals surface area contributed by atoms with Crippen LogP contribution in [0.2, 0.25) is 0 Å². The average molecular weight is 490 g/mol. The van der Waals surface area contributed by atoms with Crippen LogP contribution in [0.1, 0.15) is 44.0 Å². The maximum absolute atomic E-state index is 12.8. The van der Waals surface area contributed by atoms with Crippen LogP contribution in [0.5, 0.6) is 5.75 Å². The van der Waals surface area contributed by atoms with E-state index in [2.05, 4.69) is 15.0 Å². The van der Waals surface area contributed by atoms with Crippen molar-refractivity contribution in [2.75, 3.05) is 30.4 Å². The molecule has 1 unspecified atom stereocenters. The van der Waals surface area contributed by atoms with Crippen LogP contribution in [0, 0.1) is 5.92 Å². The molecule has 0 aliphatic carbocycles. The fourth-order valence-corrected chi connectivity index (χ4v) is 5.37. The number of amides is 2. The molecule has 1 fully saturated rings. The smallest absolute Gasteiger partial charge is 0.255 e. The number of carbonyl (C=O) groups excluding carboxylic acids is 2. The fourth-order valence-electron chi connectivity index (χ4n) is 3.75. The van der Waals surface area contributed by atoms with Crippen molar-refractivity contribution in [2.24, 2.45) is 11.7 Å². The summed E-state index contributed by atoms with van der Waals surface area (Å²) >= 11 is 0. The highest BCUT2D eigenvalue weighted by atomic mass is 32.2. The monoisotopic (exact) mass is 489 g/mol. The van der Waals surface area contributed by atoms with E-state index in [4.69, 9.17) is 10.5 Å². The number of carbonyl (C=O) groups is 2. The number of pyridine rings is 1. The summed E-state index contributed by atoms with van der Waals surface area (Å²) in [6, 6.07) is 7.68. The van der Waals surface area contributed by atoms with Crippen molar-refractivity contribution in [2.45, 2.75) is 44.0 Å². The number of hydrogen-bond donors (Lipinski definition) is 3. The van der Waals surface area contributed by atoms with E-state index in [9.17, 15) is 18.0 Å². The van der Waals surface area contributed by atoms with E-state index in [1.54, 1.807) is 32.9 Å². The molecule has 1 aromatic carbocycles. The number of aromatic nitrogens is 1. The lowest BCUT2D eigenvalue weighted by Crippen LogP contribution is -2.41. The van der Waals surface area contributed by atoms with Crippen molar-refractivity contribution < 1.29 is 22.7 Å². The van der Waals surface area contributed by atoms with E-state index < -0.39 is 21.5 Å². The molecule has 0 spiro atoms. The summed E-state index contributed by atoms with van der Waals surface area (Å²) in [5, 5.41) is 2.73. The SMILES string of the molecule is COc1ccc(C(=O)Nc2ccc(N3CCCC(C(N)=O)C3)nc2)cc1S(=O)(=O)NC(C)(C)C. The number of ether oxygens (including phenoxy) is 1. The first-order valence-electron chi connectivity index (χ1n) is 10.9. The first-order chi connectivity index (χ1) is 15.9. The van der Waals surface area contributed by atoms with Gasteiger partial charge in [0.1, 0.15) is 16.5 Å². The molecule has 0 saturated carbocycles. The quantitative estimate of drug-likeness (QED) is 0.540. The van der Waals surface area contributed by atoms with Gasteiger partial charge in [-0.05, 0) is 63.9 Å². The highest BCUT2D eigenvalue weighted by Crippen LogP contribution is 2.27. The van der Waals surface area contributed by atoms with Crippen LogP contribution in [0.25, 0.3) is 0 Å². The van der Waals surface area contributed by atoms with Crippen molar-refractivity contribution >= 4 is 33.3 Å². The Morgan fingerprint density at radius 1 is 1.21 bits per heavy atom. The predicted molar refractivity (Wildman–Crippen MR) is 129 cm³/mol. The molecule has 2 aromatic rings. The van der Waals surface area contributed by atoms with Gasteiger partial charge in [0.2, 0.25) is 15.9 Å². The molecule has 184 valence electrons. The summed E-state index contributed by atoms with van der Waals surface area (Å²) in [6.45, 7) is 6.46. The van der Waals surface area contributed by atoms with Gasteiger partial charge in [-0.3, -0.25) is 9.59 Å². The van der Waals surface area contributed by atoms with Crippen LogP contribution in [-0.2, 0) is 14.8 Å². The standard InChI is InChI=1S/C23H31N5O5S/c1-23(2,3)27-34(31,32)19-12-15(7-9-18(19)33-4)22(30)26-17-8-10-20(25-13-17)28-11-5-6-16(14-28)21(24)29/h7-10,12-13,16,27H,5-6,11,14H2,1-4H3,(H2,24,29)(H,26,30). The summed E-state index contributed by atoms with van der Waals surface area (Å²) in [5.74, 6) is -0.184. The molecule has 1 aliphatic rings. The fraction of sp³-hybridized carbons (Fsp3) is 0.435. The zero-order chi connectivity index (χ0) is 25.1. The van der Waals surface area contributed by atoms with Crippen molar-refractivity contribution in [1.29, 1.82) is 0 Å². The van der Waals surface area contributed by atoms with Gasteiger partial charge in [-0.25, -0.2) is 18.1 Å². The highest BCUT2D eigenvalue weighted by Gasteiger charge is 2.27. The number of hydrogen-bond acceptors (Lipinski definition) is 7. The minimum absolute atomic E-state index is 0.125. The molecule has 0 bridgehead atoms. The predicted octanol–water partition coefficient (Wildman–Crippen LogP) is 2.12. The molecule has 1 aromatic heterocycles. The summed E-state index contributed by atoms with van der Waals surface area (Å²) < 4.78 is 33.5. The van der Waals surface area contributed by atoms with Gasteiger partial charge in [0.25, 0.3) is 5.91 Å². The Labute approximate surface area is 199 Å². The number of anilines is 2. The largest absolute Gasteiger partial charge is 0.495 e. The van der Waals surface area contributed by atoms with Gasteiger partial charge < -0.3 is 20.7 Å². The minimum Gasteiger partial charge on any atom is -0.495 e. The third-order valence-electron chi connectivity index (χ3n) is 5.31. The lowest BCUT2D eigenvalue weighted by molar-refractivity contribution is -0.122. The lowest BCUT2D eigenvalue weighted by Gasteiger charge is -2.32. The van der Waals surface area contributed by atoms with Crippen LogP contribution in [-0.4, -0.2) is 51.0 Å². The molecule has 0 radical (unpaired) electrons. The van der Waals surface area contributed by atoms with E-state index in [0.717, 1.165) is 19.4 Å². The first-order valence-corrected chi connectivity index (χ1v) is 12.4. The van der Waals surface area contributed by atoms with Gasteiger partial charge in [-0.2, -0.15) is 0 Å². The number of sulfonamides is 1. The Bertz CT molecular complexity index is 1160. The molecule has 1 atom stereocenters. The van der Waals surface area contributed by atoms with Crippen LogP contribution in [0.4, 0.5) is 11.5 Å². The molecule has 1 aliphatic heterocycles. The number of nitrogens with two attached hydrogens (primary N) is 1. The van der Waals surface area contributed by atoms with Crippen LogP contribution < -0.4 is 25.4 Å². The van der Waals surface area contributed by atoms with Crippen molar-refractivity contribution in [3.8, 4) is 5.75 Å². The second-order valence-corrected chi connectivity index (χ2v) is 10.9. The van der Waals surface area contributed by atoms with Crippen molar-refractivity contribution in [3.63, 3.8) is 0 Å². The molecule has 34 heavy (non-hydrogen) atoms. The number of benzene rings is 1. The molecule has 2 amide bonds. The maximum atomic E-state index is 12.8. The molecule has 11 heteroatoms. The molecular formula is C23H31N5O5S. The maximum Gasteiger partial charge on any atom is 0.255 e. The van der Waals surface area contributed by atoms with Crippen LogP contribution >= 0.6 is 0 Å². The van der Waals surface area contributed by atoms with Gasteiger partial charge in [0.15, 0.2) is 0 Å². The van der Waals surface area contributed by atoms with Gasteiger partial charge >= 0.3 is 0 Å². The Balaban J connectivity index is 1.76. The Morgan fingerprint density at radius 3 is 2.53 bits per heavy atom. The average Bonchev–Trinajstić information content (AvgIpc) is 2.77. The van der Waals surface area contributed by atoms with Crippen molar-refractivity contribution in [1.82, 2.24) is 9.71 Å². The summed E-state index contributed by atoms with van der Waals surface area (Å²) in [6.07, 6.45) is 3.13. The minimum atomic E-state index is -3.92. The van der Waals surface area contributed by atoms with E-state index in [-0.39, 0.29) is 28.0 Å². The number of primary amides is 1. The lowest BCUT2D eigenvalue weighted by atomic mass is 9.97. The van der Waals surface area contributed by atoms with E-state index in [1.807, 2.05) is 4.90 Å². The number of methoxy groups -OCH3 is 1. The van der Waals surface area contributed by atoms with Crippen molar-refractivity contribution in [3.05, 3.63) is 42.1 Å². The summed E-state index contributed by atoms with van der Waals surface area (Å²) in [4.78, 5) is 30.6. The molecule has 4 N–H and O–H groups in total. The summed E-state index contributed by atoms with van der Waals surface area (Å²) in [5.41, 5.74) is 5.34. The topological polar surface area (TPSA) is 144 Å². The van der Waals surface area contributed by atoms with E-state index >= 15 is 0 Å². The van der Waals surface area contributed by atoms with Gasteiger partial charge in [-0.1, -0.05) is 0 Å². The third-order valence-corrected chi connectivity index (χ3v) is 7.09. The van der Waals surface area contributed by atoms with Gasteiger partial charge in [-0.15, -0.1) is 0 Å². The van der Waals surface area contributed by atoms with E-state index in [1.165, 1.54) is 31.5 Å². The van der Waals surface area contributed by atoms with Gasteiger partial charge in [0.05, 0.1) is 24.9 Å². The molecular weight excluding hydrogens is 458 g/mol. The zero-order valence-corrected chi connectivity index (χ0v) is 20.6. The van der Waals surface area contributed by atoms with Gasteiger partial charge in [0, 0.05) is 24.2 Å². The second kappa shape index (κ2) is 9.98. The number of nitrogens with zero attached hydrogens (tertiary/aromatic N) is 2. The molecule has 10 nitrogen and oxygen atoms in total. The van der Waals surface area contributed by atoms with Crippen LogP contribution in [0.15, 0.2) is 41.4 Å². The van der Waals surface area contributed by atoms with E-state index in [0.29, 0.717) is 18.1 Å². The Hall–Kier alpha value is -3.18. The number of nitrogens with one attached hydrogen (secondary N) is 2. The Morgan fingerprint density at radius 2 is 1.94 bits per heavy atom. The number of rotatable bonds is 7. The Kier molecular flexibility index (Phi) is 7.47.